The summed E-state index contributed by atoms with van der Waals surface area (Å²) in [6.45, 7) is 0. The number of methoxy groups -OCH3 is 2. The standard InChI is InChI=1S/C28H22Br2N2O2/c1-33-27-15-21(7-13-25(27)31-17-19-3-9-23(29)10-4-19)22-8-14-26(28(16-22)34-2)32-18-20-5-11-24(30)12-6-20/h3-18H,1-2H3. The molecule has 0 fully saturated rings. The maximum atomic E-state index is 5.61. The van der Waals surface area contributed by atoms with Gasteiger partial charge in [0.25, 0.3) is 0 Å². The van der Waals surface area contributed by atoms with Crippen LogP contribution in [0.5, 0.6) is 11.5 Å². The van der Waals surface area contributed by atoms with Crippen LogP contribution in [0.2, 0.25) is 0 Å². The van der Waals surface area contributed by atoms with Crippen LogP contribution in [0.1, 0.15) is 11.1 Å². The summed E-state index contributed by atoms with van der Waals surface area (Å²) in [6.07, 6.45) is 3.65. The number of ether oxygens (including phenoxy) is 2. The van der Waals surface area contributed by atoms with Crippen molar-refractivity contribution in [3.05, 3.63) is 105 Å². The Morgan fingerprint density at radius 3 is 1.29 bits per heavy atom. The molecule has 0 N–H and O–H groups in total. The monoisotopic (exact) mass is 576 g/mol. The second kappa shape index (κ2) is 11.3. The zero-order valence-electron chi connectivity index (χ0n) is 18.7. The summed E-state index contributed by atoms with van der Waals surface area (Å²) in [6, 6.07) is 27.9. The van der Waals surface area contributed by atoms with Gasteiger partial charge in [0.2, 0.25) is 0 Å². The number of nitrogens with zero attached hydrogens (tertiary/aromatic N) is 2. The van der Waals surface area contributed by atoms with Gasteiger partial charge in [-0.1, -0.05) is 68.3 Å². The van der Waals surface area contributed by atoms with Crippen LogP contribution in [0.25, 0.3) is 11.1 Å². The minimum atomic E-state index is 0.696. The molecule has 0 aliphatic heterocycles. The van der Waals surface area contributed by atoms with Crippen molar-refractivity contribution in [2.45, 2.75) is 0 Å². The summed E-state index contributed by atoms with van der Waals surface area (Å²) in [5.74, 6) is 1.39. The predicted molar refractivity (Wildman–Crippen MR) is 148 cm³/mol. The summed E-state index contributed by atoms with van der Waals surface area (Å²) in [4.78, 5) is 9.21. The molecule has 0 unspecified atom stereocenters. The Balaban J connectivity index is 1.58. The van der Waals surface area contributed by atoms with E-state index in [1.54, 1.807) is 14.2 Å². The molecule has 6 heteroatoms. The van der Waals surface area contributed by atoms with Crippen molar-refractivity contribution in [2.24, 2.45) is 9.98 Å². The summed E-state index contributed by atoms with van der Waals surface area (Å²) in [5.41, 5.74) is 5.55. The van der Waals surface area contributed by atoms with Gasteiger partial charge in [-0.2, -0.15) is 0 Å². The minimum absolute atomic E-state index is 0.696. The topological polar surface area (TPSA) is 43.2 Å². The van der Waals surface area contributed by atoms with E-state index >= 15 is 0 Å². The van der Waals surface area contributed by atoms with Gasteiger partial charge in [-0.15, -0.1) is 0 Å². The Morgan fingerprint density at radius 1 is 0.559 bits per heavy atom. The highest BCUT2D eigenvalue weighted by atomic mass is 79.9. The van der Waals surface area contributed by atoms with E-state index in [1.165, 1.54) is 0 Å². The van der Waals surface area contributed by atoms with E-state index < -0.39 is 0 Å². The molecular weight excluding hydrogens is 556 g/mol. The molecule has 0 radical (unpaired) electrons. The van der Waals surface area contributed by atoms with Gasteiger partial charge in [0.1, 0.15) is 22.9 Å². The normalized spacial score (nSPS) is 11.3. The first-order valence-corrected chi connectivity index (χ1v) is 12.1. The van der Waals surface area contributed by atoms with Crippen molar-refractivity contribution in [2.75, 3.05) is 14.2 Å². The minimum Gasteiger partial charge on any atom is -0.494 e. The van der Waals surface area contributed by atoms with E-state index in [1.807, 2.05) is 97.4 Å². The number of rotatable bonds is 7. The van der Waals surface area contributed by atoms with Crippen molar-refractivity contribution >= 4 is 55.7 Å². The summed E-state index contributed by atoms with van der Waals surface area (Å²) in [7, 11) is 3.30. The van der Waals surface area contributed by atoms with Crippen molar-refractivity contribution in [1.29, 1.82) is 0 Å². The molecule has 0 spiro atoms. The van der Waals surface area contributed by atoms with E-state index in [-0.39, 0.29) is 0 Å². The van der Waals surface area contributed by atoms with Gasteiger partial charge < -0.3 is 9.47 Å². The van der Waals surface area contributed by atoms with Crippen LogP contribution in [-0.4, -0.2) is 26.6 Å². The van der Waals surface area contributed by atoms with Gasteiger partial charge in [0.05, 0.1) is 14.2 Å². The van der Waals surface area contributed by atoms with E-state index in [4.69, 9.17) is 9.47 Å². The van der Waals surface area contributed by atoms with Gasteiger partial charge >= 0.3 is 0 Å². The van der Waals surface area contributed by atoms with Gasteiger partial charge in [-0.05, 0) is 70.8 Å². The Bertz CT molecular complexity index is 1230. The van der Waals surface area contributed by atoms with Gasteiger partial charge in [-0.3, -0.25) is 9.98 Å². The Hall–Kier alpha value is -3.22. The summed E-state index contributed by atoms with van der Waals surface area (Å²) in [5, 5.41) is 0. The van der Waals surface area contributed by atoms with Crippen molar-refractivity contribution in [1.82, 2.24) is 0 Å². The van der Waals surface area contributed by atoms with Gasteiger partial charge in [0, 0.05) is 21.4 Å². The van der Waals surface area contributed by atoms with Gasteiger partial charge in [-0.25, -0.2) is 0 Å². The molecule has 0 aliphatic rings. The lowest BCUT2D eigenvalue weighted by atomic mass is 10.0. The number of hydrogen-bond acceptors (Lipinski definition) is 4. The highest BCUT2D eigenvalue weighted by Gasteiger charge is 2.09. The molecule has 4 aromatic carbocycles. The van der Waals surface area contributed by atoms with Crippen LogP contribution in [0, 0.1) is 0 Å². The third kappa shape index (κ3) is 6.01. The largest absolute Gasteiger partial charge is 0.494 e. The molecule has 170 valence electrons. The maximum Gasteiger partial charge on any atom is 0.145 e. The average Bonchev–Trinajstić information content (AvgIpc) is 2.88. The zero-order valence-corrected chi connectivity index (χ0v) is 21.9. The number of hydrogen-bond donors (Lipinski definition) is 0. The van der Waals surface area contributed by atoms with E-state index in [2.05, 4.69) is 41.8 Å². The summed E-state index contributed by atoms with van der Waals surface area (Å²) < 4.78 is 13.3. The first kappa shape index (κ1) is 23.9. The molecular formula is C28H22Br2N2O2. The molecule has 0 heterocycles. The Kier molecular flexibility index (Phi) is 7.93. The predicted octanol–water partition coefficient (Wildman–Crippen LogP) is 8.40. The molecule has 4 nitrogen and oxygen atoms in total. The third-order valence-electron chi connectivity index (χ3n) is 5.14. The molecule has 0 saturated heterocycles. The fourth-order valence-corrected chi connectivity index (χ4v) is 3.84. The van der Waals surface area contributed by atoms with Crippen LogP contribution >= 0.6 is 31.9 Å². The highest BCUT2D eigenvalue weighted by molar-refractivity contribution is 9.10. The number of aliphatic imine (C=N–C) groups is 2. The molecule has 0 amide bonds. The highest BCUT2D eigenvalue weighted by Crippen LogP contribution is 2.36. The van der Waals surface area contributed by atoms with Crippen LogP contribution in [0.15, 0.2) is 104 Å². The first-order valence-electron chi connectivity index (χ1n) is 10.5. The summed E-state index contributed by atoms with van der Waals surface area (Å²) >= 11 is 6.90. The van der Waals surface area contributed by atoms with Crippen molar-refractivity contribution in [3.8, 4) is 22.6 Å². The molecule has 4 aromatic rings. The second-order valence-electron chi connectivity index (χ2n) is 7.39. The number of halogens is 2. The van der Waals surface area contributed by atoms with E-state index in [0.717, 1.165) is 42.6 Å². The molecule has 0 aromatic heterocycles. The fraction of sp³-hybridized carbons (Fsp3) is 0.0714. The molecule has 0 aliphatic carbocycles. The van der Waals surface area contributed by atoms with Crippen LogP contribution in [0.4, 0.5) is 11.4 Å². The molecule has 4 rings (SSSR count). The van der Waals surface area contributed by atoms with Crippen molar-refractivity contribution < 1.29 is 9.47 Å². The smallest absolute Gasteiger partial charge is 0.145 e. The Labute approximate surface area is 216 Å². The van der Waals surface area contributed by atoms with E-state index in [0.29, 0.717) is 11.5 Å². The molecule has 0 saturated carbocycles. The second-order valence-corrected chi connectivity index (χ2v) is 9.22. The van der Waals surface area contributed by atoms with E-state index in [9.17, 15) is 0 Å². The van der Waals surface area contributed by atoms with Crippen LogP contribution in [0.3, 0.4) is 0 Å². The lowest BCUT2D eigenvalue weighted by molar-refractivity contribution is 0.415. The van der Waals surface area contributed by atoms with Crippen LogP contribution < -0.4 is 9.47 Å². The maximum absolute atomic E-state index is 5.61. The average molecular weight is 578 g/mol. The fourth-order valence-electron chi connectivity index (χ4n) is 3.31. The molecule has 34 heavy (non-hydrogen) atoms. The van der Waals surface area contributed by atoms with Gasteiger partial charge in [0.15, 0.2) is 0 Å². The molecule has 0 atom stereocenters. The van der Waals surface area contributed by atoms with Crippen molar-refractivity contribution in [3.63, 3.8) is 0 Å². The molecule has 0 bridgehead atoms. The third-order valence-corrected chi connectivity index (χ3v) is 6.20. The lowest BCUT2D eigenvalue weighted by Crippen LogP contribution is -1.89. The SMILES string of the molecule is COc1cc(-c2ccc(N=Cc3ccc(Br)cc3)c(OC)c2)ccc1N=Cc1ccc(Br)cc1. The quantitative estimate of drug-likeness (QED) is 0.207. The Morgan fingerprint density at radius 2 is 0.941 bits per heavy atom. The number of benzene rings is 4. The lowest BCUT2D eigenvalue weighted by Gasteiger charge is -2.11. The first-order chi connectivity index (χ1) is 16.6. The van der Waals surface area contributed by atoms with Crippen LogP contribution in [-0.2, 0) is 0 Å². The zero-order chi connectivity index (χ0) is 23.9.